The maximum Gasteiger partial charge on any atom is -0.0149 e. The van der Waals surface area contributed by atoms with Gasteiger partial charge in [0.25, 0.3) is 0 Å². The second-order valence-corrected chi connectivity index (χ2v) is 5.74. The van der Waals surface area contributed by atoms with Crippen LogP contribution in [-0.2, 0) is 6.42 Å². The molecular weight excluding hydrogens is 252 g/mol. The minimum absolute atomic E-state index is 0.596. The molecule has 0 nitrogen and oxygen atoms in total. The standard InChI is InChI=1S/C19H24.C2H6/c1-6-16-12-17(13(2)3)8-10-19(16)18-9-7-14(4)11-15(18)5;1-2/h7-13H,6H2,1-5H3;1-2H3. The van der Waals surface area contributed by atoms with E-state index in [9.17, 15) is 0 Å². The minimum Gasteiger partial charge on any atom is -0.0683 e. The molecule has 0 fully saturated rings. The van der Waals surface area contributed by atoms with Crippen LogP contribution in [0.5, 0.6) is 0 Å². The van der Waals surface area contributed by atoms with Gasteiger partial charge in [0, 0.05) is 0 Å². The predicted octanol–water partition coefficient (Wildman–Crippen LogP) is 6.68. The molecule has 0 N–H and O–H groups in total. The van der Waals surface area contributed by atoms with Gasteiger partial charge in [0.05, 0.1) is 0 Å². The molecule has 0 aromatic heterocycles. The molecule has 21 heavy (non-hydrogen) atoms. The number of hydrogen-bond donors (Lipinski definition) is 0. The lowest BCUT2D eigenvalue weighted by molar-refractivity contribution is 0.863. The summed E-state index contributed by atoms with van der Waals surface area (Å²) in [5.41, 5.74) is 8.36. The highest BCUT2D eigenvalue weighted by atomic mass is 14.1. The number of rotatable bonds is 3. The van der Waals surface area contributed by atoms with Crippen molar-refractivity contribution in [3.05, 3.63) is 58.7 Å². The van der Waals surface area contributed by atoms with Crippen LogP contribution in [0.4, 0.5) is 0 Å². The molecule has 0 bridgehead atoms. The molecule has 0 saturated carbocycles. The zero-order valence-electron chi connectivity index (χ0n) is 14.7. The molecule has 0 heteroatoms. The topological polar surface area (TPSA) is 0 Å². The third kappa shape index (κ3) is 4.20. The number of hydrogen-bond acceptors (Lipinski definition) is 0. The van der Waals surface area contributed by atoms with Gasteiger partial charge in [-0.15, -0.1) is 0 Å². The van der Waals surface area contributed by atoms with Crippen molar-refractivity contribution in [2.24, 2.45) is 0 Å². The lowest BCUT2D eigenvalue weighted by atomic mass is 9.90. The molecule has 2 aromatic rings. The number of benzene rings is 2. The highest BCUT2D eigenvalue weighted by Crippen LogP contribution is 2.30. The molecule has 0 aliphatic rings. The third-order valence-electron chi connectivity index (χ3n) is 3.85. The Morgan fingerprint density at radius 3 is 2.00 bits per heavy atom. The Labute approximate surface area is 131 Å². The lowest BCUT2D eigenvalue weighted by Gasteiger charge is -2.15. The van der Waals surface area contributed by atoms with Gasteiger partial charge in [-0.1, -0.05) is 76.6 Å². The summed E-state index contributed by atoms with van der Waals surface area (Å²) in [7, 11) is 0. The van der Waals surface area contributed by atoms with Gasteiger partial charge in [0.1, 0.15) is 0 Å². The van der Waals surface area contributed by atoms with Gasteiger partial charge in [-0.2, -0.15) is 0 Å². The molecule has 0 unspecified atom stereocenters. The molecule has 0 aliphatic carbocycles. The van der Waals surface area contributed by atoms with Crippen molar-refractivity contribution in [3.8, 4) is 11.1 Å². The molecule has 2 rings (SSSR count). The van der Waals surface area contributed by atoms with Crippen LogP contribution in [0.25, 0.3) is 11.1 Å². The van der Waals surface area contributed by atoms with Crippen molar-refractivity contribution in [3.63, 3.8) is 0 Å². The third-order valence-corrected chi connectivity index (χ3v) is 3.85. The predicted molar refractivity (Wildman–Crippen MR) is 96.2 cm³/mol. The maximum atomic E-state index is 2.37. The van der Waals surface area contributed by atoms with Crippen LogP contribution in [0.2, 0.25) is 0 Å². The highest BCUT2D eigenvalue weighted by Gasteiger charge is 2.09. The van der Waals surface area contributed by atoms with E-state index in [1.807, 2.05) is 13.8 Å². The van der Waals surface area contributed by atoms with E-state index >= 15 is 0 Å². The van der Waals surface area contributed by atoms with Crippen LogP contribution in [0.15, 0.2) is 36.4 Å². The Kier molecular flexibility index (Phi) is 6.68. The molecule has 2 aromatic carbocycles. The van der Waals surface area contributed by atoms with Crippen LogP contribution >= 0.6 is 0 Å². The Morgan fingerprint density at radius 2 is 1.48 bits per heavy atom. The van der Waals surface area contributed by atoms with E-state index in [0.717, 1.165) is 6.42 Å². The van der Waals surface area contributed by atoms with E-state index < -0.39 is 0 Å². The minimum atomic E-state index is 0.596. The molecule has 0 atom stereocenters. The van der Waals surface area contributed by atoms with Gasteiger partial charge in [-0.25, -0.2) is 0 Å². The van der Waals surface area contributed by atoms with Crippen LogP contribution in [0.3, 0.4) is 0 Å². The van der Waals surface area contributed by atoms with Crippen molar-refractivity contribution < 1.29 is 0 Å². The molecule has 0 aliphatic heterocycles. The van der Waals surface area contributed by atoms with Gasteiger partial charge in [-0.05, 0) is 54.0 Å². The summed E-state index contributed by atoms with van der Waals surface area (Å²) in [6, 6.07) is 13.7. The molecule has 0 amide bonds. The molecule has 114 valence electrons. The normalized spacial score (nSPS) is 10.3. The van der Waals surface area contributed by atoms with Crippen LogP contribution < -0.4 is 0 Å². The maximum absolute atomic E-state index is 2.37. The Hall–Kier alpha value is -1.56. The fourth-order valence-electron chi connectivity index (χ4n) is 2.64. The van der Waals surface area contributed by atoms with E-state index in [1.165, 1.54) is 33.4 Å². The van der Waals surface area contributed by atoms with Crippen molar-refractivity contribution in [1.82, 2.24) is 0 Å². The molecule has 0 spiro atoms. The summed E-state index contributed by atoms with van der Waals surface area (Å²) in [5.74, 6) is 0.596. The average Bonchev–Trinajstić information content (AvgIpc) is 2.49. The summed E-state index contributed by atoms with van der Waals surface area (Å²) in [4.78, 5) is 0. The van der Waals surface area contributed by atoms with Crippen LogP contribution in [0.1, 0.15) is 62.8 Å². The summed E-state index contributed by atoms with van der Waals surface area (Å²) in [5, 5.41) is 0. The number of aryl methyl sites for hydroxylation is 3. The first-order chi connectivity index (χ1) is 10.0. The van der Waals surface area contributed by atoms with E-state index in [0.29, 0.717) is 5.92 Å². The van der Waals surface area contributed by atoms with E-state index in [4.69, 9.17) is 0 Å². The Morgan fingerprint density at radius 1 is 0.857 bits per heavy atom. The second kappa shape index (κ2) is 8.02. The zero-order chi connectivity index (χ0) is 16.0. The molecule has 0 radical (unpaired) electrons. The van der Waals surface area contributed by atoms with Gasteiger partial charge in [-0.3, -0.25) is 0 Å². The van der Waals surface area contributed by atoms with Crippen LogP contribution in [0, 0.1) is 13.8 Å². The Bertz CT molecular complexity index is 577. The average molecular weight is 282 g/mol. The zero-order valence-corrected chi connectivity index (χ0v) is 14.7. The first-order valence-electron chi connectivity index (χ1n) is 8.23. The SMILES string of the molecule is CC.CCc1cc(C(C)C)ccc1-c1ccc(C)cc1C. The monoisotopic (exact) mass is 282 g/mol. The van der Waals surface area contributed by atoms with Gasteiger partial charge in [0.15, 0.2) is 0 Å². The van der Waals surface area contributed by atoms with Gasteiger partial charge < -0.3 is 0 Å². The van der Waals surface area contributed by atoms with E-state index in [-0.39, 0.29) is 0 Å². The quantitative estimate of drug-likeness (QED) is 0.589. The smallest absolute Gasteiger partial charge is 0.0149 e. The second-order valence-electron chi connectivity index (χ2n) is 5.74. The van der Waals surface area contributed by atoms with E-state index in [2.05, 4.69) is 71.0 Å². The van der Waals surface area contributed by atoms with Crippen molar-refractivity contribution >= 4 is 0 Å². The fourth-order valence-corrected chi connectivity index (χ4v) is 2.64. The summed E-state index contributed by atoms with van der Waals surface area (Å²) < 4.78 is 0. The first-order valence-corrected chi connectivity index (χ1v) is 8.23. The van der Waals surface area contributed by atoms with Crippen LogP contribution in [-0.4, -0.2) is 0 Å². The Balaban J connectivity index is 0.00000106. The van der Waals surface area contributed by atoms with E-state index in [1.54, 1.807) is 0 Å². The largest absolute Gasteiger partial charge is 0.0683 e. The van der Waals surface area contributed by atoms with Crippen molar-refractivity contribution in [2.45, 2.75) is 60.8 Å². The highest BCUT2D eigenvalue weighted by molar-refractivity contribution is 5.71. The fraction of sp³-hybridized carbons (Fsp3) is 0.429. The molecule has 0 heterocycles. The van der Waals surface area contributed by atoms with Crippen molar-refractivity contribution in [1.29, 1.82) is 0 Å². The molecular formula is C21H30. The van der Waals surface area contributed by atoms with Gasteiger partial charge >= 0.3 is 0 Å². The molecule has 0 saturated heterocycles. The summed E-state index contributed by atoms with van der Waals surface area (Å²) >= 11 is 0. The first kappa shape index (κ1) is 17.5. The summed E-state index contributed by atoms with van der Waals surface area (Å²) in [6.45, 7) is 15.1. The summed E-state index contributed by atoms with van der Waals surface area (Å²) in [6.07, 6.45) is 1.09. The van der Waals surface area contributed by atoms with Gasteiger partial charge in [0.2, 0.25) is 0 Å². The lowest BCUT2D eigenvalue weighted by Crippen LogP contribution is -1.95. The van der Waals surface area contributed by atoms with Crippen molar-refractivity contribution in [2.75, 3.05) is 0 Å².